The Bertz CT molecular complexity index is 458. The predicted octanol–water partition coefficient (Wildman–Crippen LogP) is 4.07. The number of hydrogen-bond acceptors (Lipinski definition) is 2. The molecule has 2 rings (SSSR count). The van der Waals surface area contributed by atoms with Crippen LogP contribution >= 0.6 is 39.3 Å². The van der Waals surface area contributed by atoms with Crippen molar-refractivity contribution in [2.24, 2.45) is 0 Å². The second-order valence-electron chi connectivity index (χ2n) is 4.59. The van der Waals surface area contributed by atoms with Gasteiger partial charge in [-0.2, -0.15) is 11.8 Å². The number of hydrogen-bond donors (Lipinski definition) is 0. The Labute approximate surface area is 125 Å². The van der Waals surface area contributed by atoms with Gasteiger partial charge >= 0.3 is 0 Å². The molecule has 0 radical (unpaired) electrons. The SMILES string of the molecule is CC1CN(C(=O)c2cc(Br)ccc2Cl)CC(C)S1. The molecule has 5 heteroatoms. The number of carbonyl (C=O) groups excluding carboxylic acids is 1. The summed E-state index contributed by atoms with van der Waals surface area (Å²) in [5.74, 6) is 0.0281. The summed E-state index contributed by atoms with van der Waals surface area (Å²) in [5.41, 5.74) is 0.581. The number of rotatable bonds is 1. The first kappa shape index (κ1) is 14.2. The molecule has 1 aliphatic heterocycles. The summed E-state index contributed by atoms with van der Waals surface area (Å²) < 4.78 is 0.878. The van der Waals surface area contributed by atoms with Crippen molar-refractivity contribution in [3.05, 3.63) is 33.3 Å². The van der Waals surface area contributed by atoms with Gasteiger partial charge in [0, 0.05) is 28.1 Å². The predicted molar refractivity (Wildman–Crippen MR) is 81.6 cm³/mol. The fourth-order valence-electron chi connectivity index (χ4n) is 2.18. The zero-order valence-corrected chi connectivity index (χ0v) is 13.5. The third kappa shape index (κ3) is 3.22. The van der Waals surface area contributed by atoms with Crippen LogP contribution in [-0.2, 0) is 0 Å². The smallest absolute Gasteiger partial charge is 0.255 e. The fraction of sp³-hybridized carbons (Fsp3) is 0.462. The molecular formula is C13H15BrClNOS. The highest BCUT2D eigenvalue weighted by Crippen LogP contribution is 2.28. The highest BCUT2D eigenvalue weighted by Gasteiger charge is 2.27. The summed E-state index contributed by atoms with van der Waals surface area (Å²) in [5, 5.41) is 1.47. The standard InChI is InChI=1S/C13H15BrClNOS/c1-8-6-16(7-9(2)18-8)13(17)11-5-10(14)3-4-12(11)15/h3-5,8-9H,6-7H2,1-2H3. The Kier molecular flexibility index (Phi) is 4.62. The molecule has 1 aliphatic rings. The molecule has 2 unspecified atom stereocenters. The van der Waals surface area contributed by atoms with Gasteiger partial charge in [-0.1, -0.05) is 41.4 Å². The molecule has 1 fully saturated rings. The molecule has 1 aromatic rings. The lowest BCUT2D eigenvalue weighted by Gasteiger charge is -2.34. The van der Waals surface area contributed by atoms with Crippen molar-refractivity contribution >= 4 is 45.2 Å². The van der Waals surface area contributed by atoms with E-state index in [2.05, 4.69) is 29.8 Å². The van der Waals surface area contributed by atoms with E-state index in [1.54, 1.807) is 12.1 Å². The van der Waals surface area contributed by atoms with Gasteiger partial charge in [0.2, 0.25) is 0 Å². The van der Waals surface area contributed by atoms with Crippen LogP contribution in [0.3, 0.4) is 0 Å². The minimum Gasteiger partial charge on any atom is -0.336 e. The monoisotopic (exact) mass is 347 g/mol. The minimum atomic E-state index is 0.0281. The molecule has 18 heavy (non-hydrogen) atoms. The Morgan fingerprint density at radius 2 is 2.00 bits per heavy atom. The molecular weight excluding hydrogens is 334 g/mol. The Hall–Kier alpha value is -0.190. The lowest BCUT2D eigenvalue weighted by molar-refractivity contribution is 0.0753. The average molecular weight is 349 g/mol. The number of amides is 1. The van der Waals surface area contributed by atoms with Gasteiger partial charge in [-0.3, -0.25) is 4.79 Å². The van der Waals surface area contributed by atoms with Crippen molar-refractivity contribution in [2.45, 2.75) is 24.3 Å². The first-order chi connectivity index (χ1) is 8.47. The third-order valence-corrected chi connectivity index (χ3v) is 4.92. The lowest BCUT2D eigenvalue weighted by atomic mass is 10.2. The molecule has 1 saturated heterocycles. The average Bonchev–Trinajstić information content (AvgIpc) is 2.30. The third-order valence-electron chi connectivity index (χ3n) is 2.87. The molecule has 0 bridgehead atoms. The van der Waals surface area contributed by atoms with E-state index in [9.17, 15) is 4.79 Å². The Balaban J connectivity index is 2.22. The highest BCUT2D eigenvalue weighted by molar-refractivity contribution is 9.10. The van der Waals surface area contributed by atoms with E-state index in [4.69, 9.17) is 11.6 Å². The van der Waals surface area contributed by atoms with Crippen LogP contribution in [0, 0.1) is 0 Å². The molecule has 0 spiro atoms. The van der Waals surface area contributed by atoms with Crippen molar-refractivity contribution < 1.29 is 4.79 Å². The van der Waals surface area contributed by atoms with E-state index < -0.39 is 0 Å². The molecule has 0 aliphatic carbocycles. The number of benzene rings is 1. The van der Waals surface area contributed by atoms with E-state index in [-0.39, 0.29) is 5.91 Å². The van der Waals surface area contributed by atoms with E-state index in [0.29, 0.717) is 21.1 Å². The van der Waals surface area contributed by atoms with Crippen molar-refractivity contribution in [3.8, 4) is 0 Å². The summed E-state index contributed by atoms with van der Waals surface area (Å²) in [4.78, 5) is 14.4. The molecule has 1 heterocycles. The number of thioether (sulfide) groups is 1. The van der Waals surface area contributed by atoms with Gasteiger partial charge in [-0.05, 0) is 18.2 Å². The fourth-order valence-corrected chi connectivity index (χ4v) is 4.06. The highest BCUT2D eigenvalue weighted by atomic mass is 79.9. The largest absolute Gasteiger partial charge is 0.336 e. The second-order valence-corrected chi connectivity index (χ2v) is 7.80. The van der Waals surface area contributed by atoms with E-state index >= 15 is 0 Å². The van der Waals surface area contributed by atoms with Gasteiger partial charge in [0.25, 0.3) is 5.91 Å². The number of nitrogens with zero attached hydrogens (tertiary/aromatic N) is 1. The van der Waals surface area contributed by atoms with Gasteiger partial charge < -0.3 is 4.90 Å². The quantitative estimate of drug-likeness (QED) is 0.762. The van der Waals surface area contributed by atoms with Crippen molar-refractivity contribution in [2.75, 3.05) is 13.1 Å². The second kappa shape index (κ2) is 5.85. The van der Waals surface area contributed by atoms with Crippen LogP contribution in [0.25, 0.3) is 0 Å². The van der Waals surface area contributed by atoms with E-state index in [0.717, 1.165) is 17.6 Å². The topological polar surface area (TPSA) is 20.3 Å². The Morgan fingerprint density at radius 1 is 1.39 bits per heavy atom. The summed E-state index contributed by atoms with van der Waals surface area (Å²) in [6.45, 7) is 5.89. The van der Waals surface area contributed by atoms with Crippen LogP contribution in [-0.4, -0.2) is 34.4 Å². The van der Waals surface area contributed by atoms with Crippen LogP contribution in [0.2, 0.25) is 5.02 Å². The van der Waals surface area contributed by atoms with E-state index in [1.807, 2.05) is 22.7 Å². The maximum absolute atomic E-state index is 12.5. The van der Waals surface area contributed by atoms with Crippen LogP contribution < -0.4 is 0 Å². The van der Waals surface area contributed by atoms with Crippen molar-refractivity contribution in [3.63, 3.8) is 0 Å². The maximum Gasteiger partial charge on any atom is 0.255 e. The summed E-state index contributed by atoms with van der Waals surface area (Å²) in [6, 6.07) is 5.39. The van der Waals surface area contributed by atoms with Gasteiger partial charge in [0.15, 0.2) is 0 Å². The molecule has 2 nitrogen and oxygen atoms in total. The zero-order valence-electron chi connectivity index (χ0n) is 10.3. The van der Waals surface area contributed by atoms with Crippen LogP contribution in [0.1, 0.15) is 24.2 Å². The van der Waals surface area contributed by atoms with Crippen molar-refractivity contribution in [1.29, 1.82) is 0 Å². The van der Waals surface area contributed by atoms with Gasteiger partial charge in [0.1, 0.15) is 0 Å². The van der Waals surface area contributed by atoms with Crippen LogP contribution in [0.4, 0.5) is 0 Å². The first-order valence-electron chi connectivity index (χ1n) is 5.87. The molecule has 0 aromatic heterocycles. The Morgan fingerprint density at radius 3 is 2.61 bits per heavy atom. The molecule has 2 atom stereocenters. The van der Waals surface area contributed by atoms with Crippen LogP contribution in [0.15, 0.2) is 22.7 Å². The summed E-state index contributed by atoms with van der Waals surface area (Å²) in [6.07, 6.45) is 0. The minimum absolute atomic E-state index is 0.0281. The lowest BCUT2D eigenvalue weighted by Crippen LogP contribution is -2.44. The molecule has 98 valence electrons. The van der Waals surface area contributed by atoms with Crippen molar-refractivity contribution in [1.82, 2.24) is 4.90 Å². The molecule has 0 saturated carbocycles. The first-order valence-corrected chi connectivity index (χ1v) is 7.98. The normalized spacial score (nSPS) is 24.1. The number of halogens is 2. The van der Waals surface area contributed by atoms with Crippen LogP contribution in [0.5, 0.6) is 0 Å². The molecule has 1 aromatic carbocycles. The summed E-state index contributed by atoms with van der Waals surface area (Å²) >= 11 is 11.4. The maximum atomic E-state index is 12.5. The van der Waals surface area contributed by atoms with E-state index in [1.165, 1.54) is 0 Å². The molecule has 0 N–H and O–H groups in total. The summed E-state index contributed by atoms with van der Waals surface area (Å²) in [7, 11) is 0. The number of carbonyl (C=O) groups is 1. The molecule has 1 amide bonds. The zero-order chi connectivity index (χ0) is 13.3. The van der Waals surface area contributed by atoms with Gasteiger partial charge in [-0.15, -0.1) is 0 Å². The van der Waals surface area contributed by atoms with Gasteiger partial charge in [0.05, 0.1) is 10.6 Å². The van der Waals surface area contributed by atoms with Gasteiger partial charge in [-0.25, -0.2) is 0 Å².